The lowest BCUT2D eigenvalue weighted by atomic mass is 10.2. The van der Waals surface area contributed by atoms with Gasteiger partial charge in [0.2, 0.25) is 0 Å². The normalized spacial score (nSPS) is 18.0. The molecule has 0 amide bonds. The molecule has 0 heterocycles. The zero-order valence-electron chi connectivity index (χ0n) is 7.88. The second-order valence-corrected chi connectivity index (χ2v) is 3.32. The van der Waals surface area contributed by atoms with Crippen molar-refractivity contribution < 1.29 is 0 Å². The molecule has 1 aliphatic carbocycles. The summed E-state index contributed by atoms with van der Waals surface area (Å²) in [6.07, 6.45) is 2.45. The summed E-state index contributed by atoms with van der Waals surface area (Å²) >= 11 is 0. The minimum atomic E-state index is 0. The molecule has 0 saturated heterocycles. The van der Waals surface area contributed by atoms with Gasteiger partial charge < -0.3 is 10.6 Å². The van der Waals surface area contributed by atoms with E-state index < -0.39 is 0 Å². The van der Waals surface area contributed by atoms with Crippen molar-refractivity contribution >= 4 is 24.8 Å². The molecule has 4 heteroatoms. The summed E-state index contributed by atoms with van der Waals surface area (Å²) in [5.41, 5.74) is 6.16. The highest BCUT2D eigenvalue weighted by Gasteiger charge is 2.38. The zero-order chi connectivity index (χ0) is 7.61. The van der Waals surface area contributed by atoms with E-state index in [2.05, 4.69) is 18.7 Å². The monoisotopic (exact) mass is 214 g/mol. The SMILES string of the molecule is CCN(CC)CC1(N)CC1.Cl.Cl. The lowest BCUT2D eigenvalue weighted by molar-refractivity contribution is 0.276. The van der Waals surface area contributed by atoms with Crippen molar-refractivity contribution in [3.63, 3.8) is 0 Å². The summed E-state index contributed by atoms with van der Waals surface area (Å²) in [7, 11) is 0. The Bertz CT molecular complexity index is 112. The first kappa shape index (κ1) is 15.0. The van der Waals surface area contributed by atoms with Crippen molar-refractivity contribution in [1.82, 2.24) is 4.90 Å². The lowest BCUT2D eigenvalue weighted by Gasteiger charge is -2.21. The standard InChI is InChI=1S/C8H18N2.2ClH/c1-3-10(4-2)7-8(9)5-6-8;;/h3-7,9H2,1-2H3;2*1H. The molecule has 1 fully saturated rings. The minimum Gasteiger partial charge on any atom is -0.324 e. The summed E-state index contributed by atoms with van der Waals surface area (Å²) in [5.74, 6) is 0. The Labute approximate surface area is 87.7 Å². The Morgan fingerprint density at radius 2 is 1.58 bits per heavy atom. The number of likely N-dealkylation sites (N-methyl/N-ethyl adjacent to an activating group) is 1. The average molecular weight is 215 g/mol. The number of rotatable bonds is 4. The van der Waals surface area contributed by atoms with E-state index >= 15 is 0 Å². The van der Waals surface area contributed by atoms with Crippen LogP contribution >= 0.6 is 24.8 Å². The topological polar surface area (TPSA) is 29.3 Å². The summed E-state index contributed by atoms with van der Waals surface area (Å²) < 4.78 is 0. The molecule has 0 aliphatic heterocycles. The van der Waals surface area contributed by atoms with Gasteiger partial charge in [-0.3, -0.25) is 0 Å². The zero-order valence-corrected chi connectivity index (χ0v) is 9.51. The van der Waals surface area contributed by atoms with Gasteiger partial charge in [0, 0.05) is 12.1 Å². The Morgan fingerprint density at radius 1 is 1.17 bits per heavy atom. The van der Waals surface area contributed by atoms with Crippen LogP contribution in [0.2, 0.25) is 0 Å². The van der Waals surface area contributed by atoms with Crippen LogP contribution in [0.3, 0.4) is 0 Å². The Hall–Kier alpha value is 0.500. The van der Waals surface area contributed by atoms with Crippen LogP contribution in [0.4, 0.5) is 0 Å². The maximum Gasteiger partial charge on any atom is 0.0284 e. The van der Waals surface area contributed by atoms with Crippen LogP contribution in [-0.4, -0.2) is 30.1 Å². The van der Waals surface area contributed by atoms with E-state index in [1.165, 1.54) is 12.8 Å². The fourth-order valence-electron chi connectivity index (χ4n) is 1.21. The van der Waals surface area contributed by atoms with E-state index in [4.69, 9.17) is 5.73 Å². The molecule has 0 spiro atoms. The number of hydrogen-bond acceptors (Lipinski definition) is 2. The molecule has 0 radical (unpaired) electrons. The van der Waals surface area contributed by atoms with E-state index in [-0.39, 0.29) is 30.4 Å². The molecule has 1 aliphatic rings. The van der Waals surface area contributed by atoms with Crippen molar-refractivity contribution in [2.24, 2.45) is 5.73 Å². The van der Waals surface area contributed by atoms with E-state index in [9.17, 15) is 0 Å². The van der Waals surface area contributed by atoms with Crippen LogP contribution in [0.5, 0.6) is 0 Å². The van der Waals surface area contributed by atoms with E-state index in [0.29, 0.717) is 0 Å². The second-order valence-electron chi connectivity index (χ2n) is 3.32. The van der Waals surface area contributed by atoms with Crippen LogP contribution in [0, 0.1) is 0 Å². The summed E-state index contributed by atoms with van der Waals surface area (Å²) in [5, 5.41) is 0. The lowest BCUT2D eigenvalue weighted by Crippen LogP contribution is -2.39. The molecule has 0 aromatic rings. The summed E-state index contributed by atoms with van der Waals surface area (Å²) in [6.45, 7) is 7.75. The fourth-order valence-corrected chi connectivity index (χ4v) is 1.21. The number of halogens is 2. The third-order valence-electron chi connectivity index (χ3n) is 2.33. The number of hydrogen-bond donors (Lipinski definition) is 1. The van der Waals surface area contributed by atoms with Gasteiger partial charge in [-0.25, -0.2) is 0 Å². The van der Waals surface area contributed by atoms with Crippen molar-refractivity contribution in [3.8, 4) is 0 Å². The van der Waals surface area contributed by atoms with Crippen molar-refractivity contribution in [3.05, 3.63) is 0 Å². The van der Waals surface area contributed by atoms with Gasteiger partial charge in [0.05, 0.1) is 0 Å². The van der Waals surface area contributed by atoms with Gasteiger partial charge in [-0.15, -0.1) is 24.8 Å². The van der Waals surface area contributed by atoms with Crippen LogP contribution in [-0.2, 0) is 0 Å². The van der Waals surface area contributed by atoms with Crippen molar-refractivity contribution in [1.29, 1.82) is 0 Å². The molecular weight excluding hydrogens is 195 g/mol. The smallest absolute Gasteiger partial charge is 0.0284 e. The van der Waals surface area contributed by atoms with Crippen molar-refractivity contribution in [2.75, 3.05) is 19.6 Å². The number of nitrogens with two attached hydrogens (primary N) is 1. The molecule has 0 aromatic carbocycles. The first-order valence-electron chi connectivity index (χ1n) is 4.21. The molecule has 2 N–H and O–H groups in total. The van der Waals surface area contributed by atoms with Gasteiger partial charge in [0.1, 0.15) is 0 Å². The Kier molecular flexibility index (Phi) is 7.54. The molecule has 0 atom stereocenters. The Morgan fingerprint density at radius 3 is 1.83 bits per heavy atom. The molecular formula is C8H20Cl2N2. The first-order chi connectivity index (χ1) is 4.70. The predicted octanol–water partition coefficient (Wildman–Crippen LogP) is 1.66. The highest BCUT2D eigenvalue weighted by molar-refractivity contribution is 5.85. The Balaban J connectivity index is 0. The van der Waals surface area contributed by atoms with Gasteiger partial charge >= 0.3 is 0 Å². The molecule has 0 unspecified atom stereocenters. The molecule has 2 nitrogen and oxygen atoms in total. The van der Waals surface area contributed by atoms with Gasteiger partial charge in [-0.2, -0.15) is 0 Å². The maximum atomic E-state index is 5.96. The molecule has 1 saturated carbocycles. The van der Waals surface area contributed by atoms with E-state index in [1.54, 1.807) is 0 Å². The average Bonchev–Trinajstić information content (AvgIpc) is 2.64. The molecule has 12 heavy (non-hydrogen) atoms. The number of nitrogens with zero attached hydrogens (tertiary/aromatic N) is 1. The summed E-state index contributed by atoms with van der Waals surface area (Å²) in [6, 6.07) is 0. The molecule has 76 valence electrons. The van der Waals surface area contributed by atoms with Crippen LogP contribution in [0.1, 0.15) is 26.7 Å². The largest absolute Gasteiger partial charge is 0.324 e. The first-order valence-corrected chi connectivity index (χ1v) is 4.21. The highest BCUT2D eigenvalue weighted by Crippen LogP contribution is 2.32. The van der Waals surface area contributed by atoms with E-state index in [1.807, 2.05) is 0 Å². The molecule has 0 aromatic heterocycles. The minimum absolute atomic E-state index is 0. The van der Waals surface area contributed by atoms with Gasteiger partial charge in [0.15, 0.2) is 0 Å². The van der Waals surface area contributed by atoms with E-state index in [0.717, 1.165) is 19.6 Å². The van der Waals surface area contributed by atoms with Gasteiger partial charge in [-0.1, -0.05) is 13.8 Å². The van der Waals surface area contributed by atoms with Crippen LogP contribution < -0.4 is 5.73 Å². The highest BCUT2D eigenvalue weighted by atomic mass is 35.5. The molecule has 1 rings (SSSR count). The summed E-state index contributed by atoms with van der Waals surface area (Å²) in [4.78, 5) is 2.40. The van der Waals surface area contributed by atoms with Crippen LogP contribution in [0.25, 0.3) is 0 Å². The van der Waals surface area contributed by atoms with Crippen LogP contribution in [0.15, 0.2) is 0 Å². The van der Waals surface area contributed by atoms with Crippen molar-refractivity contribution in [2.45, 2.75) is 32.2 Å². The fraction of sp³-hybridized carbons (Fsp3) is 1.00. The maximum absolute atomic E-state index is 5.96. The quantitative estimate of drug-likeness (QED) is 0.772. The predicted molar refractivity (Wildman–Crippen MR) is 58.4 cm³/mol. The third-order valence-corrected chi connectivity index (χ3v) is 2.33. The second kappa shape index (κ2) is 6.03. The van der Waals surface area contributed by atoms with Gasteiger partial charge in [-0.05, 0) is 25.9 Å². The third kappa shape index (κ3) is 4.51. The molecule has 0 bridgehead atoms. The van der Waals surface area contributed by atoms with Gasteiger partial charge in [0.25, 0.3) is 0 Å².